The van der Waals surface area contributed by atoms with Gasteiger partial charge in [0.2, 0.25) is 0 Å². The highest BCUT2D eigenvalue weighted by atomic mass is 79.9. The number of halogens is 1. The van der Waals surface area contributed by atoms with E-state index in [1.165, 1.54) is 12.1 Å². The van der Waals surface area contributed by atoms with Gasteiger partial charge in [0.25, 0.3) is 0 Å². The van der Waals surface area contributed by atoms with Gasteiger partial charge in [-0.2, -0.15) is 0 Å². The van der Waals surface area contributed by atoms with Gasteiger partial charge in [-0.1, -0.05) is 13.8 Å². The van der Waals surface area contributed by atoms with Crippen molar-refractivity contribution in [1.29, 1.82) is 0 Å². The topological polar surface area (TPSA) is 76.0 Å². The van der Waals surface area contributed by atoms with E-state index in [2.05, 4.69) is 15.9 Å². The molecule has 0 aliphatic carbocycles. The van der Waals surface area contributed by atoms with Gasteiger partial charge in [-0.05, 0) is 47.8 Å². The molecule has 0 aliphatic rings. The first-order valence-electron chi connectivity index (χ1n) is 6.73. The van der Waals surface area contributed by atoms with Crippen LogP contribution in [-0.2, 0) is 0 Å². The van der Waals surface area contributed by atoms with Gasteiger partial charge in [-0.3, -0.25) is 0 Å². The summed E-state index contributed by atoms with van der Waals surface area (Å²) in [6, 6.07) is 2.86. The lowest BCUT2D eigenvalue weighted by Gasteiger charge is -2.28. The maximum Gasteiger partial charge on any atom is 0.335 e. The minimum Gasteiger partial charge on any atom is -0.490 e. The van der Waals surface area contributed by atoms with Crippen LogP contribution in [0.3, 0.4) is 0 Å². The molecule has 0 spiro atoms. The third-order valence-corrected chi connectivity index (χ3v) is 3.90. The summed E-state index contributed by atoms with van der Waals surface area (Å²) in [6.45, 7) is 7.75. The Morgan fingerprint density at radius 3 is 2.48 bits per heavy atom. The number of hydrogen-bond donors (Lipinski definition) is 2. The first kappa shape index (κ1) is 17.8. The molecule has 0 aromatic heterocycles. The molecule has 1 rings (SSSR count). The standard InChI is InChI=1S/C15H21BrO5/c1-5-20-12-7-10(14(17)18)6-11(16)13(12)21-8-15(4,19)9(2)3/h6-7,9,19H,5,8H2,1-4H3,(H,17,18). The highest BCUT2D eigenvalue weighted by Gasteiger charge is 2.27. The molecular weight excluding hydrogens is 340 g/mol. The number of aromatic carboxylic acids is 1. The van der Waals surface area contributed by atoms with E-state index >= 15 is 0 Å². The van der Waals surface area contributed by atoms with Gasteiger partial charge >= 0.3 is 5.97 Å². The number of rotatable bonds is 7. The van der Waals surface area contributed by atoms with Crippen LogP contribution in [0.25, 0.3) is 0 Å². The van der Waals surface area contributed by atoms with Gasteiger partial charge < -0.3 is 19.7 Å². The molecule has 1 aromatic carbocycles. The number of ether oxygens (including phenoxy) is 2. The van der Waals surface area contributed by atoms with E-state index < -0.39 is 11.6 Å². The first-order chi connectivity index (χ1) is 9.69. The Hall–Kier alpha value is -1.27. The van der Waals surface area contributed by atoms with E-state index in [1.54, 1.807) is 13.8 Å². The largest absolute Gasteiger partial charge is 0.490 e. The van der Waals surface area contributed by atoms with Crippen molar-refractivity contribution in [2.75, 3.05) is 13.2 Å². The summed E-state index contributed by atoms with van der Waals surface area (Å²) in [5, 5.41) is 19.3. The van der Waals surface area contributed by atoms with Gasteiger partial charge in [0, 0.05) is 0 Å². The quantitative estimate of drug-likeness (QED) is 0.779. The van der Waals surface area contributed by atoms with Crippen LogP contribution in [0.1, 0.15) is 38.1 Å². The molecule has 1 atom stereocenters. The predicted octanol–water partition coefficient (Wildman–Crippen LogP) is 3.33. The molecule has 1 aromatic rings. The van der Waals surface area contributed by atoms with Gasteiger partial charge in [0.1, 0.15) is 6.61 Å². The van der Waals surface area contributed by atoms with Gasteiger partial charge in [-0.15, -0.1) is 0 Å². The van der Waals surface area contributed by atoms with Gasteiger partial charge in [0.05, 0.1) is 22.2 Å². The van der Waals surface area contributed by atoms with Crippen molar-refractivity contribution in [3.63, 3.8) is 0 Å². The molecule has 6 heteroatoms. The molecule has 0 saturated carbocycles. The molecule has 5 nitrogen and oxygen atoms in total. The SMILES string of the molecule is CCOc1cc(C(=O)O)cc(Br)c1OCC(C)(O)C(C)C. The minimum atomic E-state index is -1.04. The predicted molar refractivity (Wildman–Crippen MR) is 83.2 cm³/mol. The summed E-state index contributed by atoms with van der Waals surface area (Å²) in [5.41, 5.74) is -0.887. The molecule has 2 N–H and O–H groups in total. The molecule has 0 radical (unpaired) electrons. The maximum absolute atomic E-state index is 11.1. The lowest BCUT2D eigenvalue weighted by Crippen LogP contribution is -2.37. The Morgan fingerprint density at radius 1 is 1.38 bits per heavy atom. The van der Waals surface area contributed by atoms with E-state index in [4.69, 9.17) is 14.6 Å². The Kier molecular flexibility index (Phi) is 6.04. The monoisotopic (exact) mass is 360 g/mol. The minimum absolute atomic E-state index is 0.0186. The second kappa shape index (κ2) is 7.13. The number of benzene rings is 1. The summed E-state index contributed by atoms with van der Waals surface area (Å²) in [7, 11) is 0. The summed E-state index contributed by atoms with van der Waals surface area (Å²) in [5.74, 6) is -0.297. The average molecular weight is 361 g/mol. The van der Waals surface area contributed by atoms with Gasteiger partial charge in [-0.25, -0.2) is 4.79 Å². The highest BCUT2D eigenvalue weighted by molar-refractivity contribution is 9.10. The van der Waals surface area contributed by atoms with Crippen LogP contribution >= 0.6 is 15.9 Å². The van der Waals surface area contributed by atoms with Gasteiger partial charge in [0.15, 0.2) is 11.5 Å². The Labute approximate surface area is 133 Å². The molecule has 0 aliphatic heterocycles. The highest BCUT2D eigenvalue weighted by Crippen LogP contribution is 2.37. The number of hydrogen-bond acceptors (Lipinski definition) is 4. The van der Waals surface area contributed by atoms with Crippen LogP contribution in [0.4, 0.5) is 0 Å². The van der Waals surface area contributed by atoms with Crippen LogP contribution < -0.4 is 9.47 Å². The summed E-state index contributed by atoms with van der Waals surface area (Å²) >= 11 is 3.29. The number of carbonyl (C=O) groups is 1. The van der Waals surface area contributed by atoms with E-state index in [0.29, 0.717) is 22.6 Å². The van der Waals surface area contributed by atoms with Crippen molar-refractivity contribution in [2.45, 2.75) is 33.3 Å². The van der Waals surface area contributed by atoms with E-state index in [0.717, 1.165) is 0 Å². The Balaban J connectivity index is 3.08. The first-order valence-corrected chi connectivity index (χ1v) is 7.53. The zero-order valence-electron chi connectivity index (χ0n) is 12.6. The van der Waals surface area contributed by atoms with Crippen molar-refractivity contribution in [3.8, 4) is 11.5 Å². The van der Waals surface area contributed by atoms with Crippen LogP contribution in [0.2, 0.25) is 0 Å². The summed E-state index contributed by atoms with van der Waals surface area (Å²) in [4.78, 5) is 11.1. The molecule has 1 unspecified atom stereocenters. The fourth-order valence-electron chi connectivity index (χ4n) is 1.48. The molecule has 0 amide bonds. The number of carboxylic acid groups (broad SMARTS) is 1. The molecule has 21 heavy (non-hydrogen) atoms. The van der Waals surface area contributed by atoms with Crippen molar-refractivity contribution >= 4 is 21.9 Å². The van der Waals surface area contributed by atoms with E-state index in [1.807, 2.05) is 13.8 Å². The third kappa shape index (κ3) is 4.61. The van der Waals surface area contributed by atoms with Crippen LogP contribution in [0.15, 0.2) is 16.6 Å². The Bertz CT molecular complexity index is 511. The normalized spacial score (nSPS) is 13.9. The van der Waals surface area contributed by atoms with Crippen molar-refractivity contribution in [2.24, 2.45) is 5.92 Å². The smallest absolute Gasteiger partial charge is 0.335 e. The van der Waals surface area contributed by atoms with Crippen LogP contribution in [0.5, 0.6) is 11.5 Å². The third-order valence-electron chi connectivity index (χ3n) is 3.31. The summed E-state index contributed by atoms with van der Waals surface area (Å²) < 4.78 is 11.6. The fourth-order valence-corrected chi connectivity index (χ4v) is 2.04. The van der Waals surface area contributed by atoms with Crippen LogP contribution in [-0.4, -0.2) is 35.0 Å². The zero-order valence-corrected chi connectivity index (χ0v) is 14.2. The second-order valence-electron chi connectivity index (χ2n) is 5.32. The van der Waals surface area contributed by atoms with E-state index in [9.17, 15) is 9.90 Å². The summed E-state index contributed by atoms with van der Waals surface area (Å²) in [6.07, 6.45) is 0. The molecule has 118 valence electrons. The average Bonchev–Trinajstić information content (AvgIpc) is 2.37. The second-order valence-corrected chi connectivity index (χ2v) is 6.18. The molecule has 0 fully saturated rings. The Morgan fingerprint density at radius 2 is 2.00 bits per heavy atom. The van der Waals surface area contributed by atoms with Crippen molar-refractivity contribution in [3.05, 3.63) is 22.2 Å². The maximum atomic E-state index is 11.1. The molecular formula is C15H21BrO5. The van der Waals surface area contributed by atoms with Crippen LogP contribution in [0, 0.1) is 5.92 Å². The zero-order chi connectivity index (χ0) is 16.2. The molecule has 0 saturated heterocycles. The number of aliphatic hydroxyl groups is 1. The van der Waals surface area contributed by atoms with Crippen molar-refractivity contribution < 1.29 is 24.5 Å². The fraction of sp³-hybridized carbons (Fsp3) is 0.533. The number of carboxylic acids is 1. The van der Waals surface area contributed by atoms with Crippen molar-refractivity contribution in [1.82, 2.24) is 0 Å². The molecule has 0 heterocycles. The molecule has 0 bridgehead atoms. The lowest BCUT2D eigenvalue weighted by molar-refractivity contribution is -0.0274. The van der Waals surface area contributed by atoms with E-state index in [-0.39, 0.29) is 18.1 Å². The lowest BCUT2D eigenvalue weighted by atomic mass is 9.94.